The average molecular weight is 360 g/mol. The summed E-state index contributed by atoms with van der Waals surface area (Å²) >= 11 is 0. The standard InChI is InChI=1S/C18H24N4O4/c1-19-17(24)14-7-5-9-21(14)16(23)12-20-10-11-22(18(20)25)13-6-3-4-8-15(13)26-2/h3-4,6,8,14H,5,7,9-12H2,1-2H3,(H,19,24). The molecule has 140 valence electrons. The highest BCUT2D eigenvalue weighted by Gasteiger charge is 2.37. The highest BCUT2D eigenvalue weighted by atomic mass is 16.5. The Kier molecular flexibility index (Phi) is 5.29. The quantitative estimate of drug-likeness (QED) is 0.837. The lowest BCUT2D eigenvalue weighted by Gasteiger charge is -2.26. The van der Waals surface area contributed by atoms with E-state index in [4.69, 9.17) is 4.74 Å². The Morgan fingerprint density at radius 2 is 2.00 bits per heavy atom. The van der Waals surface area contributed by atoms with E-state index in [1.807, 2.05) is 18.2 Å². The first kappa shape index (κ1) is 18.0. The minimum Gasteiger partial charge on any atom is -0.495 e. The largest absolute Gasteiger partial charge is 0.495 e. The maximum Gasteiger partial charge on any atom is 0.325 e. The molecule has 3 rings (SSSR count). The van der Waals surface area contributed by atoms with Crippen LogP contribution in [-0.4, -0.2) is 74.0 Å². The molecule has 0 saturated carbocycles. The third-order valence-corrected chi connectivity index (χ3v) is 4.92. The van der Waals surface area contributed by atoms with Crippen LogP contribution in [0.1, 0.15) is 12.8 Å². The molecule has 0 aliphatic carbocycles. The van der Waals surface area contributed by atoms with Gasteiger partial charge in [-0.2, -0.15) is 0 Å². The van der Waals surface area contributed by atoms with Crippen LogP contribution in [0.3, 0.4) is 0 Å². The van der Waals surface area contributed by atoms with E-state index < -0.39 is 6.04 Å². The molecule has 0 radical (unpaired) electrons. The molecule has 1 unspecified atom stereocenters. The maximum absolute atomic E-state index is 12.7. The summed E-state index contributed by atoms with van der Waals surface area (Å²) in [6.07, 6.45) is 1.46. The van der Waals surface area contributed by atoms with E-state index in [1.54, 1.807) is 30.0 Å². The van der Waals surface area contributed by atoms with Gasteiger partial charge in [0.25, 0.3) is 0 Å². The van der Waals surface area contributed by atoms with Crippen LogP contribution in [-0.2, 0) is 9.59 Å². The molecule has 8 nitrogen and oxygen atoms in total. The minimum atomic E-state index is -0.435. The lowest BCUT2D eigenvalue weighted by molar-refractivity contribution is -0.138. The maximum atomic E-state index is 12.7. The summed E-state index contributed by atoms with van der Waals surface area (Å²) in [7, 11) is 3.13. The summed E-state index contributed by atoms with van der Waals surface area (Å²) in [6.45, 7) is 1.49. The highest BCUT2D eigenvalue weighted by Crippen LogP contribution is 2.30. The molecule has 1 N–H and O–H groups in total. The monoisotopic (exact) mass is 360 g/mol. The van der Waals surface area contributed by atoms with Crippen LogP contribution >= 0.6 is 0 Å². The van der Waals surface area contributed by atoms with E-state index in [1.165, 1.54) is 4.90 Å². The number of urea groups is 1. The number of carbonyl (C=O) groups excluding carboxylic acids is 3. The summed E-state index contributed by atoms with van der Waals surface area (Å²) in [5, 5.41) is 2.60. The zero-order chi connectivity index (χ0) is 18.7. The summed E-state index contributed by atoms with van der Waals surface area (Å²) in [5.74, 6) is 0.277. The van der Waals surface area contributed by atoms with E-state index in [-0.39, 0.29) is 24.4 Å². The molecule has 0 aromatic heterocycles. The fourth-order valence-corrected chi connectivity index (χ4v) is 3.56. The van der Waals surface area contributed by atoms with Gasteiger partial charge in [-0.05, 0) is 25.0 Å². The van der Waals surface area contributed by atoms with Gasteiger partial charge in [0, 0.05) is 26.7 Å². The number of rotatable bonds is 5. The van der Waals surface area contributed by atoms with Gasteiger partial charge in [-0.3, -0.25) is 14.5 Å². The molecule has 1 aromatic carbocycles. The number of amides is 4. The molecule has 2 fully saturated rings. The lowest BCUT2D eigenvalue weighted by atomic mass is 10.2. The van der Waals surface area contributed by atoms with Crippen LogP contribution in [0.25, 0.3) is 0 Å². The molecular weight excluding hydrogens is 336 g/mol. The smallest absolute Gasteiger partial charge is 0.325 e. The van der Waals surface area contributed by atoms with Gasteiger partial charge in [-0.25, -0.2) is 4.79 Å². The van der Waals surface area contributed by atoms with Gasteiger partial charge >= 0.3 is 6.03 Å². The molecule has 0 spiro atoms. The average Bonchev–Trinajstić information content (AvgIpc) is 3.29. The molecule has 4 amide bonds. The van der Waals surface area contributed by atoms with E-state index in [9.17, 15) is 14.4 Å². The number of nitrogens with zero attached hydrogens (tertiary/aromatic N) is 3. The van der Waals surface area contributed by atoms with Crippen molar-refractivity contribution >= 4 is 23.5 Å². The van der Waals surface area contributed by atoms with Crippen molar-refractivity contribution in [1.82, 2.24) is 15.1 Å². The van der Waals surface area contributed by atoms with E-state index in [2.05, 4.69) is 5.32 Å². The normalized spacial score (nSPS) is 19.8. The Morgan fingerprint density at radius 3 is 2.73 bits per heavy atom. The molecule has 2 heterocycles. The van der Waals surface area contributed by atoms with Crippen LogP contribution in [0.15, 0.2) is 24.3 Å². The second kappa shape index (κ2) is 7.63. The first-order valence-corrected chi connectivity index (χ1v) is 8.77. The number of methoxy groups -OCH3 is 1. The van der Waals surface area contributed by atoms with Crippen molar-refractivity contribution in [2.24, 2.45) is 0 Å². The van der Waals surface area contributed by atoms with Gasteiger partial charge in [-0.1, -0.05) is 12.1 Å². The van der Waals surface area contributed by atoms with E-state index in [0.29, 0.717) is 37.5 Å². The summed E-state index contributed by atoms with van der Waals surface area (Å²) in [6, 6.07) is 6.65. The molecule has 8 heteroatoms. The number of anilines is 1. The molecule has 0 bridgehead atoms. The van der Waals surface area contributed by atoms with Gasteiger partial charge in [-0.15, -0.1) is 0 Å². The predicted molar refractivity (Wildman–Crippen MR) is 96.1 cm³/mol. The van der Waals surface area contributed by atoms with Gasteiger partial charge in [0.1, 0.15) is 18.3 Å². The number of para-hydroxylation sites is 2. The van der Waals surface area contributed by atoms with Crippen molar-refractivity contribution in [2.45, 2.75) is 18.9 Å². The summed E-state index contributed by atoms with van der Waals surface area (Å²) in [4.78, 5) is 42.0. The van der Waals surface area contributed by atoms with Crippen molar-refractivity contribution in [3.63, 3.8) is 0 Å². The van der Waals surface area contributed by atoms with Crippen molar-refractivity contribution < 1.29 is 19.1 Å². The number of hydrogen-bond acceptors (Lipinski definition) is 4. The van der Waals surface area contributed by atoms with Gasteiger partial charge in [0.15, 0.2) is 0 Å². The van der Waals surface area contributed by atoms with Crippen molar-refractivity contribution in [3.05, 3.63) is 24.3 Å². The third-order valence-electron chi connectivity index (χ3n) is 4.92. The van der Waals surface area contributed by atoms with Crippen molar-refractivity contribution in [2.75, 3.05) is 45.2 Å². The van der Waals surface area contributed by atoms with Gasteiger partial charge in [0.05, 0.1) is 12.8 Å². The number of ether oxygens (including phenoxy) is 1. The van der Waals surface area contributed by atoms with Gasteiger partial charge in [0.2, 0.25) is 11.8 Å². The molecule has 2 saturated heterocycles. The second-order valence-electron chi connectivity index (χ2n) is 6.39. The fourth-order valence-electron chi connectivity index (χ4n) is 3.56. The Labute approximate surface area is 152 Å². The zero-order valence-corrected chi connectivity index (χ0v) is 15.1. The van der Waals surface area contributed by atoms with Crippen LogP contribution in [0, 0.1) is 0 Å². The van der Waals surface area contributed by atoms with Crippen LogP contribution in [0.5, 0.6) is 5.75 Å². The molecule has 2 aliphatic heterocycles. The summed E-state index contributed by atoms with van der Waals surface area (Å²) < 4.78 is 5.32. The SMILES string of the molecule is CNC(=O)C1CCCN1C(=O)CN1CCN(c2ccccc2OC)C1=O. The lowest BCUT2D eigenvalue weighted by Crippen LogP contribution is -2.48. The first-order chi connectivity index (χ1) is 12.6. The highest BCUT2D eigenvalue weighted by molar-refractivity contribution is 5.98. The summed E-state index contributed by atoms with van der Waals surface area (Å²) in [5.41, 5.74) is 0.694. The number of carbonyl (C=O) groups is 3. The predicted octanol–water partition coefficient (Wildman–Crippen LogP) is 0.674. The molecule has 26 heavy (non-hydrogen) atoms. The Balaban J connectivity index is 1.67. The molecule has 2 aliphatic rings. The minimum absolute atomic E-state index is 0.0159. The van der Waals surface area contributed by atoms with Crippen LogP contribution in [0.4, 0.5) is 10.5 Å². The Hall–Kier alpha value is -2.77. The van der Waals surface area contributed by atoms with Gasteiger partial charge < -0.3 is 19.9 Å². The number of likely N-dealkylation sites (N-methyl/N-ethyl adjacent to an activating group) is 1. The molecule has 1 aromatic rings. The van der Waals surface area contributed by atoms with E-state index in [0.717, 1.165) is 6.42 Å². The second-order valence-corrected chi connectivity index (χ2v) is 6.39. The number of likely N-dealkylation sites (tertiary alicyclic amines) is 1. The number of hydrogen-bond donors (Lipinski definition) is 1. The number of nitrogens with one attached hydrogen (secondary N) is 1. The first-order valence-electron chi connectivity index (χ1n) is 8.77. The van der Waals surface area contributed by atoms with E-state index >= 15 is 0 Å². The molecular formula is C18H24N4O4. The Bertz CT molecular complexity index is 708. The van der Waals surface area contributed by atoms with Crippen molar-refractivity contribution in [1.29, 1.82) is 0 Å². The zero-order valence-electron chi connectivity index (χ0n) is 15.1. The number of benzene rings is 1. The fraction of sp³-hybridized carbons (Fsp3) is 0.500. The topological polar surface area (TPSA) is 82.2 Å². The van der Waals surface area contributed by atoms with Crippen LogP contribution in [0.2, 0.25) is 0 Å². The van der Waals surface area contributed by atoms with Crippen LogP contribution < -0.4 is 15.0 Å². The molecule has 1 atom stereocenters. The van der Waals surface area contributed by atoms with Crippen molar-refractivity contribution in [3.8, 4) is 5.75 Å². The Morgan fingerprint density at radius 1 is 1.23 bits per heavy atom. The third kappa shape index (κ3) is 3.31.